The number of methoxy groups -OCH3 is 4. The fourth-order valence-corrected chi connectivity index (χ4v) is 2.40. The molecule has 0 fully saturated rings. The van der Waals surface area contributed by atoms with Gasteiger partial charge in [-0.1, -0.05) is 22.0 Å². The van der Waals surface area contributed by atoms with Crippen molar-refractivity contribution in [2.24, 2.45) is 0 Å². The lowest BCUT2D eigenvalue weighted by Crippen LogP contribution is -2.25. The summed E-state index contributed by atoms with van der Waals surface area (Å²) < 4.78 is 20.4. The van der Waals surface area contributed by atoms with Crippen LogP contribution in [0.4, 0.5) is 0 Å². The van der Waals surface area contributed by atoms with E-state index in [0.29, 0.717) is 11.5 Å². The monoisotopic (exact) mass is 332 g/mol. The number of hydrogen-bond donors (Lipinski definition) is 0. The normalized spacial score (nSPS) is 13.5. The smallest absolute Gasteiger partial charge is 0.322 e. The molecule has 1 aromatic carbocycles. The van der Waals surface area contributed by atoms with E-state index in [0.717, 1.165) is 5.56 Å². The number of esters is 1. The molecular formula is C13H17BrO5. The highest BCUT2D eigenvalue weighted by molar-refractivity contribution is 9.10. The minimum Gasteiger partial charge on any atom is -0.493 e. The zero-order valence-corrected chi connectivity index (χ0v) is 12.9. The maximum atomic E-state index is 11.6. The Bertz CT molecular complexity index is 435. The number of halogens is 1. The molecule has 6 heteroatoms. The first-order valence-corrected chi connectivity index (χ1v) is 6.47. The fourth-order valence-electron chi connectivity index (χ4n) is 1.69. The molecule has 5 nitrogen and oxygen atoms in total. The van der Waals surface area contributed by atoms with Crippen molar-refractivity contribution < 1.29 is 23.7 Å². The molecule has 0 heterocycles. The molecule has 0 aliphatic carbocycles. The average Bonchev–Trinajstić information content (AvgIpc) is 2.46. The van der Waals surface area contributed by atoms with Gasteiger partial charge in [0.1, 0.15) is 10.9 Å². The summed E-state index contributed by atoms with van der Waals surface area (Å²) in [4.78, 5) is 11.0. The minimum absolute atomic E-state index is 0.401. The van der Waals surface area contributed by atoms with Crippen LogP contribution in [0.5, 0.6) is 11.5 Å². The lowest BCUT2D eigenvalue weighted by molar-refractivity contribution is -0.142. The van der Waals surface area contributed by atoms with Crippen molar-refractivity contribution in [3.8, 4) is 11.5 Å². The Balaban J connectivity index is 3.08. The van der Waals surface area contributed by atoms with Gasteiger partial charge in [-0.3, -0.25) is 4.79 Å². The summed E-state index contributed by atoms with van der Waals surface area (Å²) in [5, 5.41) is 0. The van der Waals surface area contributed by atoms with E-state index in [-0.39, 0.29) is 0 Å². The van der Waals surface area contributed by atoms with Gasteiger partial charge < -0.3 is 18.9 Å². The van der Waals surface area contributed by atoms with Gasteiger partial charge in [-0.25, -0.2) is 0 Å². The van der Waals surface area contributed by atoms with Gasteiger partial charge in [0.25, 0.3) is 0 Å². The Morgan fingerprint density at radius 3 is 2.21 bits per heavy atom. The van der Waals surface area contributed by atoms with Crippen molar-refractivity contribution in [2.75, 3.05) is 28.4 Å². The van der Waals surface area contributed by atoms with E-state index in [9.17, 15) is 4.79 Å². The third kappa shape index (κ3) is 3.61. The van der Waals surface area contributed by atoms with E-state index in [2.05, 4.69) is 15.9 Å². The molecule has 1 rings (SSSR count). The van der Waals surface area contributed by atoms with Crippen LogP contribution in [0.1, 0.15) is 11.7 Å². The van der Waals surface area contributed by atoms with E-state index in [1.807, 2.05) is 6.07 Å². The van der Waals surface area contributed by atoms with Crippen LogP contribution in [-0.2, 0) is 14.3 Å². The van der Waals surface area contributed by atoms with Gasteiger partial charge in [0, 0.05) is 7.11 Å². The summed E-state index contributed by atoms with van der Waals surface area (Å²) in [5.74, 6) is 0.790. The highest BCUT2D eigenvalue weighted by Gasteiger charge is 2.28. The maximum absolute atomic E-state index is 11.6. The Hall–Kier alpha value is -1.27. The van der Waals surface area contributed by atoms with Crippen LogP contribution < -0.4 is 9.47 Å². The number of ether oxygens (including phenoxy) is 4. The molecule has 0 amide bonds. The first-order chi connectivity index (χ1) is 9.08. The first-order valence-electron chi connectivity index (χ1n) is 5.55. The minimum atomic E-state index is -0.597. The Morgan fingerprint density at radius 1 is 1.11 bits per heavy atom. The van der Waals surface area contributed by atoms with Crippen molar-refractivity contribution in [1.29, 1.82) is 0 Å². The van der Waals surface area contributed by atoms with Crippen LogP contribution >= 0.6 is 15.9 Å². The van der Waals surface area contributed by atoms with Crippen LogP contribution in [0.3, 0.4) is 0 Å². The molecule has 0 saturated carbocycles. The van der Waals surface area contributed by atoms with Crippen LogP contribution in [-0.4, -0.2) is 39.2 Å². The lowest BCUT2D eigenvalue weighted by atomic mass is 10.1. The molecule has 0 spiro atoms. The fraction of sp³-hybridized carbons (Fsp3) is 0.462. The third-order valence-corrected chi connectivity index (χ3v) is 3.54. The van der Waals surface area contributed by atoms with Crippen LogP contribution in [0, 0.1) is 0 Å². The second-order valence-corrected chi connectivity index (χ2v) is 4.68. The number of hydrogen-bond acceptors (Lipinski definition) is 5. The Morgan fingerprint density at radius 2 is 1.74 bits per heavy atom. The number of carbonyl (C=O) groups excluding carboxylic acids is 1. The SMILES string of the molecule is COC(=O)[C@@H](Br)[C@H](OC)c1ccc(OC)c(OC)c1. The largest absolute Gasteiger partial charge is 0.493 e. The van der Waals surface area contributed by atoms with E-state index < -0.39 is 16.9 Å². The first kappa shape index (κ1) is 15.8. The third-order valence-electron chi connectivity index (χ3n) is 2.68. The van der Waals surface area contributed by atoms with Crippen molar-refractivity contribution in [1.82, 2.24) is 0 Å². The van der Waals surface area contributed by atoms with Crippen molar-refractivity contribution >= 4 is 21.9 Å². The van der Waals surface area contributed by atoms with Crippen molar-refractivity contribution in [2.45, 2.75) is 10.9 Å². The van der Waals surface area contributed by atoms with Gasteiger partial charge in [-0.15, -0.1) is 0 Å². The molecule has 0 radical (unpaired) electrons. The predicted octanol–water partition coefficient (Wildman–Crippen LogP) is 2.33. The highest BCUT2D eigenvalue weighted by Crippen LogP contribution is 2.34. The summed E-state index contributed by atoms with van der Waals surface area (Å²) in [6, 6.07) is 5.34. The molecule has 0 unspecified atom stereocenters. The summed E-state index contributed by atoms with van der Waals surface area (Å²) in [7, 11) is 5.97. The molecule has 0 bridgehead atoms. The number of rotatable bonds is 6. The standard InChI is InChI=1S/C13H17BrO5/c1-16-9-6-5-8(7-10(9)17-2)12(18-3)11(14)13(15)19-4/h5-7,11-12H,1-4H3/t11-,12+/m0/s1. The molecule has 0 N–H and O–H groups in total. The van der Waals surface area contributed by atoms with Crippen LogP contribution in [0.15, 0.2) is 18.2 Å². The second-order valence-electron chi connectivity index (χ2n) is 3.70. The molecule has 2 atom stereocenters. The van der Waals surface area contributed by atoms with Gasteiger partial charge in [0.2, 0.25) is 0 Å². The Labute approximate surface area is 120 Å². The second kappa shape index (κ2) is 7.35. The maximum Gasteiger partial charge on any atom is 0.322 e. The lowest BCUT2D eigenvalue weighted by Gasteiger charge is -2.20. The van der Waals surface area contributed by atoms with E-state index in [1.165, 1.54) is 14.2 Å². The zero-order valence-electron chi connectivity index (χ0n) is 11.3. The van der Waals surface area contributed by atoms with Gasteiger partial charge in [0.05, 0.1) is 21.3 Å². The number of benzene rings is 1. The molecule has 106 valence electrons. The highest BCUT2D eigenvalue weighted by atomic mass is 79.9. The van der Waals surface area contributed by atoms with Gasteiger partial charge in [-0.2, -0.15) is 0 Å². The zero-order chi connectivity index (χ0) is 14.4. The predicted molar refractivity (Wildman–Crippen MR) is 74.0 cm³/mol. The van der Waals surface area contributed by atoms with Crippen molar-refractivity contribution in [3.05, 3.63) is 23.8 Å². The van der Waals surface area contributed by atoms with E-state index in [1.54, 1.807) is 26.4 Å². The van der Waals surface area contributed by atoms with Gasteiger partial charge in [-0.05, 0) is 17.7 Å². The van der Waals surface area contributed by atoms with Crippen LogP contribution in [0.2, 0.25) is 0 Å². The number of alkyl halides is 1. The summed E-state index contributed by atoms with van der Waals surface area (Å²) in [6.07, 6.45) is -0.479. The van der Waals surface area contributed by atoms with Crippen LogP contribution in [0.25, 0.3) is 0 Å². The van der Waals surface area contributed by atoms with Gasteiger partial charge >= 0.3 is 5.97 Å². The molecular weight excluding hydrogens is 316 g/mol. The summed E-state index contributed by atoms with van der Waals surface area (Å²) >= 11 is 3.28. The summed E-state index contributed by atoms with van der Waals surface area (Å²) in [5.41, 5.74) is 0.785. The van der Waals surface area contributed by atoms with Gasteiger partial charge in [0.15, 0.2) is 11.5 Å². The molecule has 19 heavy (non-hydrogen) atoms. The Kier molecular flexibility index (Phi) is 6.11. The molecule has 0 aliphatic rings. The molecule has 0 saturated heterocycles. The molecule has 0 aromatic heterocycles. The molecule has 1 aromatic rings. The van der Waals surface area contributed by atoms with E-state index in [4.69, 9.17) is 18.9 Å². The molecule has 0 aliphatic heterocycles. The average molecular weight is 333 g/mol. The van der Waals surface area contributed by atoms with E-state index >= 15 is 0 Å². The quantitative estimate of drug-likeness (QED) is 0.591. The summed E-state index contributed by atoms with van der Waals surface area (Å²) in [6.45, 7) is 0. The topological polar surface area (TPSA) is 54.0 Å². The number of carbonyl (C=O) groups is 1. The van der Waals surface area contributed by atoms with Crippen molar-refractivity contribution in [3.63, 3.8) is 0 Å².